The first-order chi connectivity index (χ1) is 9.88. The summed E-state index contributed by atoms with van der Waals surface area (Å²) in [5.74, 6) is 0.537. The van der Waals surface area contributed by atoms with Crippen molar-refractivity contribution in [1.29, 1.82) is 0 Å². The van der Waals surface area contributed by atoms with Gasteiger partial charge in [0.15, 0.2) is 0 Å². The van der Waals surface area contributed by atoms with Crippen LogP contribution in [0.15, 0.2) is 30.3 Å². The maximum Gasteiger partial charge on any atom is 0.125 e. The molecule has 0 aliphatic rings. The number of halogens is 1. The monoisotopic (exact) mass is 303 g/mol. The molecule has 0 unspecified atom stereocenters. The van der Waals surface area contributed by atoms with E-state index in [0.29, 0.717) is 11.6 Å². The quantitative estimate of drug-likeness (QED) is 0.868. The number of nitrogens with two attached hydrogens (primary N) is 1. The Morgan fingerprint density at radius 3 is 2.29 bits per heavy atom. The molecule has 2 aromatic rings. The van der Waals surface area contributed by atoms with Crippen LogP contribution in [-0.4, -0.2) is 4.99 Å². The van der Waals surface area contributed by atoms with Crippen molar-refractivity contribution >= 4 is 17.2 Å². The van der Waals surface area contributed by atoms with Crippen molar-refractivity contribution in [2.75, 3.05) is 0 Å². The molecule has 0 aliphatic carbocycles. The summed E-state index contributed by atoms with van der Waals surface area (Å²) in [6.07, 6.45) is 0. The normalized spacial score (nSPS) is 10.5. The second-order valence-corrected chi connectivity index (χ2v) is 5.60. The zero-order valence-electron chi connectivity index (χ0n) is 12.4. The van der Waals surface area contributed by atoms with Gasteiger partial charge in [0.1, 0.15) is 23.2 Å². The number of hydrogen-bond donors (Lipinski definition) is 1. The summed E-state index contributed by atoms with van der Waals surface area (Å²) in [7, 11) is 0. The van der Waals surface area contributed by atoms with E-state index in [2.05, 4.69) is 0 Å². The molecule has 0 saturated heterocycles. The van der Waals surface area contributed by atoms with Gasteiger partial charge in [0.05, 0.1) is 0 Å². The first-order valence-corrected chi connectivity index (χ1v) is 7.08. The lowest BCUT2D eigenvalue weighted by Crippen LogP contribution is -2.10. The fraction of sp³-hybridized carbons (Fsp3) is 0.235. The lowest BCUT2D eigenvalue weighted by Gasteiger charge is -2.15. The summed E-state index contributed by atoms with van der Waals surface area (Å²) in [6, 6.07) is 8.52. The van der Waals surface area contributed by atoms with Crippen molar-refractivity contribution in [3.05, 3.63) is 64.0 Å². The Hall–Kier alpha value is -1.94. The molecule has 21 heavy (non-hydrogen) atoms. The van der Waals surface area contributed by atoms with Gasteiger partial charge in [0.25, 0.3) is 0 Å². The van der Waals surface area contributed by atoms with Crippen LogP contribution in [0, 0.1) is 26.6 Å². The van der Waals surface area contributed by atoms with E-state index in [4.69, 9.17) is 22.7 Å². The van der Waals surface area contributed by atoms with E-state index in [1.165, 1.54) is 12.1 Å². The van der Waals surface area contributed by atoms with Crippen molar-refractivity contribution in [2.45, 2.75) is 27.4 Å². The van der Waals surface area contributed by atoms with E-state index >= 15 is 0 Å². The lowest BCUT2D eigenvalue weighted by molar-refractivity contribution is 0.300. The molecular formula is C17H18FNOS. The van der Waals surface area contributed by atoms with E-state index < -0.39 is 0 Å². The van der Waals surface area contributed by atoms with Gasteiger partial charge in [-0.3, -0.25) is 0 Å². The summed E-state index contributed by atoms with van der Waals surface area (Å²) < 4.78 is 19.2. The highest BCUT2D eigenvalue weighted by molar-refractivity contribution is 7.80. The fourth-order valence-electron chi connectivity index (χ4n) is 2.27. The molecule has 4 heteroatoms. The number of aryl methyl sites for hydroxylation is 3. The number of rotatable bonds is 4. The molecule has 110 valence electrons. The Balaban J connectivity index is 2.24. The van der Waals surface area contributed by atoms with Crippen LogP contribution in [0.5, 0.6) is 5.75 Å². The number of hydrogen-bond acceptors (Lipinski definition) is 2. The molecule has 0 fully saturated rings. The average Bonchev–Trinajstić information content (AvgIpc) is 2.41. The third kappa shape index (κ3) is 3.58. The molecule has 0 radical (unpaired) electrons. The topological polar surface area (TPSA) is 35.2 Å². The van der Waals surface area contributed by atoms with Gasteiger partial charge in [-0.05, 0) is 67.3 Å². The SMILES string of the molecule is Cc1ccc(F)cc1COc1c(C)cc(C(N)=S)cc1C. The van der Waals surface area contributed by atoms with E-state index in [0.717, 1.165) is 33.6 Å². The summed E-state index contributed by atoms with van der Waals surface area (Å²) in [5, 5.41) is 0. The summed E-state index contributed by atoms with van der Waals surface area (Å²) >= 11 is 4.99. The van der Waals surface area contributed by atoms with Crippen molar-refractivity contribution in [3.8, 4) is 5.75 Å². The summed E-state index contributed by atoms with van der Waals surface area (Å²) in [5.41, 5.74) is 10.3. The van der Waals surface area contributed by atoms with E-state index in [-0.39, 0.29) is 5.82 Å². The number of benzene rings is 2. The Morgan fingerprint density at radius 2 is 1.71 bits per heavy atom. The highest BCUT2D eigenvalue weighted by Crippen LogP contribution is 2.26. The van der Waals surface area contributed by atoms with Crippen LogP contribution in [0.25, 0.3) is 0 Å². The molecule has 0 atom stereocenters. The minimum Gasteiger partial charge on any atom is -0.488 e. The lowest BCUT2D eigenvalue weighted by atomic mass is 10.1. The maximum absolute atomic E-state index is 13.3. The molecule has 0 aliphatic heterocycles. The van der Waals surface area contributed by atoms with Crippen molar-refractivity contribution < 1.29 is 9.13 Å². The minimum absolute atomic E-state index is 0.253. The van der Waals surface area contributed by atoms with Crippen LogP contribution in [0.4, 0.5) is 4.39 Å². The largest absolute Gasteiger partial charge is 0.488 e. The van der Waals surface area contributed by atoms with Crippen molar-refractivity contribution in [3.63, 3.8) is 0 Å². The van der Waals surface area contributed by atoms with Crippen LogP contribution >= 0.6 is 12.2 Å². The zero-order valence-corrected chi connectivity index (χ0v) is 13.2. The Bertz CT molecular complexity index is 674. The first kappa shape index (κ1) is 15.4. The Kier molecular flexibility index (Phi) is 4.58. The average molecular weight is 303 g/mol. The number of ether oxygens (including phenoxy) is 1. The summed E-state index contributed by atoms with van der Waals surface area (Å²) in [6.45, 7) is 6.16. The summed E-state index contributed by atoms with van der Waals surface area (Å²) in [4.78, 5) is 0.369. The molecule has 0 amide bonds. The van der Waals surface area contributed by atoms with Gasteiger partial charge in [0.2, 0.25) is 0 Å². The van der Waals surface area contributed by atoms with Crippen LogP contribution < -0.4 is 10.5 Å². The molecule has 0 saturated carbocycles. The molecule has 2 nitrogen and oxygen atoms in total. The highest BCUT2D eigenvalue weighted by atomic mass is 32.1. The predicted octanol–water partition coefficient (Wildman–Crippen LogP) is 3.96. The van der Waals surface area contributed by atoms with E-state index in [1.54, 1.807) is 6.07 Å². The first-order valence-electron chi connectivity index (χ1n) is 6.67. The Labute approximate surface area is 129 Å². The minimum atomic E-state index is -0.253. The smallest absolute Gasteiger partial charge is 0.125 e. The highest BCUT2D eigenvalue weighted by Gasteiger charge is 2.09. The molecule has 0 heterocycles. The third-order valence-electron chi connectivity index (χ3n) is 3.43. The molecule has 0 bridgehead atoms. The third-order valence-corrected chi connectivity index (χ3v) is 3.66. The predicted molar refractivity (Wildman–Crippen MR) is 87.3 cm³/mol. The van der Waals surface area contributed by atoms with E-state index in [1.807, 2.05) is 32.9 Å². The van der Waals surface area contributed by atoms with Gasteiger partial charge >= 0.3 is 0 Å². The van der Waals surface area contributed by atoms with Gasteiger partial charge in [0, 0.05) is 5.56 Å². The van der Waals surface area contributed by atoms with Crippen LogP contribution in [0.3, 0.4) is 0 Å². The molecule has 0 spiro atoms. The van der Waals surface area contributed by atoms with Gasteiger partial charge in [-0.1, -0.05) is 18.3 Å². The van der Waals surface area contributed by atoms with Gasteiger partial charge in [-0.2, -0.15) is 0 Å². The van der Waals surface area contributed by atoms with Crippen LogP contribution in [0.2, 0.25) is 0 Å². The standard InChI is InChI=1S/C17H18FNOS/c1-10-4-5-15(18)8-14(10)9-20-16-11(2)6-13(17(19)21)7-12(16)3/h4-8H,9H2,1-3H3,(H2,19,21). The van der Waals surface area contributed by atoms with Crippen molar-refractivity contribution in [2.24, 2.45) is 5.73 Å². The molecule has 2 N–H and O–H groups in total. The molecule has 2 rings (SSSR count). The molecule has 2 aromatic carbocycles. The second-order valence-electron chi connectivity index (χ2n) is 5.16. The van der Waals surface area contributed by atoms with Crippen LogP contribution in [0.1, 0.15) is 27.8 Å². The van der Waals surface area contributed by atoms with Crippen molar-refractivity contribution in [1.82, 2.24) is 0 Å². The number of thiocarbonyl (C=S) groups is 1. The van der Waals surface area contributed by atoms with Gasteiger partial charge < -0.3 is 10.5 Å². The van der Waals surface area contributed by atoms with Gasteiger partial charge in [-0.25, -0.2) is 4.39 Å². The molecular weight excluding hydrogens is 285 g/mol. The zero-order chi connectivity index (χ0) is 15.6. The fourth-order valence-corrected chi connectivity index (χ4v) is 2.38. The second kappa shape index (κ2) is 6.22. The Morgan fingerprint density at radius 1 is 1.10 bits per heavy atom. The maximum atomic E-state index is 13.3. The van der Waals surface area contributed by atoms with E-state index in [9.17, 15) is 4.39 Å². The van der Waals surface area contributed by atoms with Gasteiger partial charge in [-0.15, -0.1) is 0 Å². The van der Waals surface area contributed by atoms with Crippen LogP contribution in [-0.2, 0) is 6.61 Å². The molecule has 0 aromatic heterocycles.